The third-order valence-electron chi connectivity index (χ3n) is 3.45. The van der Waals surface area contributed by atoms with E-state index in [1.165, 1.54) is 11.0 Å². The second-order valence-electron chi connectivity index (χ2n) is 5.25. The number of rotatable bonds is 3. The van der Waals surface area contributed by atoms with Crippen molar-refractivity contribution in [3.8, 4) is 0 Å². The molecule has 2 rings (SSSR count). The average molecular weight is 297 g/mol. The molecule has 1 aromatic rings. The Balaban J connectivity index is 2.31. The minimum Gasteiger partial charge on any atom is -0.480 e. The summed E-state index contributed by atoms with van der Waals surface area (Å²) in [6.45, 7) is 4.39. The maximum atomic E-state index is 12.5. The number of halogens is 1. The summed E-state index contributed by atoms with van der Waals surface area (Å²) in [5, 5.41) is 9.40. The van der Waals surface area contributed by atoms with Gasteiger partial charge in [-0.25, -0.2) is 9.78 Å². The first-order valence-electron chi connectivity index (χ1n) is 6.61. The van der Waals surface area contributed by atoms with Crippen molar-refractivity contribution in [2.75, 3.05) is 6.54 Å². The molecule has 0 aromatic carbocycles. The third kappa shape index (κ3) is 2.93. The highest BCUT2D eigenvalue weighted by Crippen LogP contribution is 2.23. The number of nitrogens with zero attached hydrogens (tertiary/aromatic N) is 2. The number of carbonyl (C=O) groups excluding carboxylic acids is 1. The van der Waals surface area contributed by atoms with E-state index >= 15 is 0 Å². The standard InChI is InChI=1S/C14H17ClN2O3/c1-8(2)10-6-9(7-12(15)16-10)13(18)17-5-3-4-11(17)14(19)20/h6-8,11H,3-5H2,1-2H3,(H,19,20). The topological polar surface area (TPSA) is 70.5 Å². The van der Waals surface area contributed by atoms with Gasteiger partial charge in [0.1, 0.15) is 11.2 Å². The molecule has 0 radical (unpaired) electrons. The molecule has 1 N–H and O–H groups in total. The van der Waals surface area contributed by atoms with Crippen molar-refractivity contribution in [2.24, 2.45) is 0 Å². The lowest BCUT2D eigenvalue weighted by molar-refractivity contribution is -0.141. The Bertz CT molecular complexity index is 545. The maximum absolute atomic E-state index is 12.5. The van der Waals surface area contributed by atoms with E-state index < -0.39 is 12.0 Å². The van der Waals surface area contributed by atoms with Gasteiger partial charge in [0.25, 0.3) is 5.91 Å². The molecule has 5 nitrogen and oxygen atoms in total. The van der Waals surface area contributed by atoms with Crippen LogP contribution < -0.4 is 0 Å². The molecule has 0 saturated carbocycles. The lowest BCUT2D eigenvalue weighted by Gasteiger charge is -2.22. The molecule has 0 aliphatic carbocycles. The molecule has 0 bridgehead atoms. The normalized spacial score (nSPS) is 18.6. The number of amides is 1. The quantitative estimate of drug-likeness (QED) is 0.870. The Morgan fingerprint density at radius 3 is 2.75 bits per heavy atom. The molecule has 0 spiro atoms. The second kappa shape index (κ2) is 5.79. The minimum atomic E-state index is -0.958. The van der Waals surface area contributed by atoms with Gasteiger partial charge in [0.2, 0.25) is 0 Å². The van der Waals surface area contributed by atoms with E-state index in [2.05, 4.69) is 4.98 Å². The highest BCUT2D eigenvalue weighted by Gasteiger charge is 2.34. The molecule has 1 atom stereocenters. The molecule has 1 aliphatic rings. The number of hydrogen-bond donors (Lipinski definition) is 1. The first-order valence-corrected chi connectivity index (χ1v) is 6.99. The number of aliphatic carboxylic acids is 1. The van der Waals surface area contributed by atoms with Crippen LogP contribution in [0, 0.1) is 0 Å². The molecular weight excluding hydrogens is 280 g/mol. The molecular formula is C14H17ClN2O3. The Morgan fingerprint density at radius 2 is 2.15 bits per heavy atom. The highest BCUT2D eigenvalue weighted by atomic mass is 35.5. The van der Waals surface area contributed by atoms with E-state index in [-0.39, 0.29) is 17.0 Å². The molecule has 2 heterocycles. The van der Waals surface area contributed by atoms with Gasteiger partial charge in [-0.2, -0.15) is 0 Å². The number of hydrogen-bond acceptors (Lipinski definition) is 3. The van der Waals surface area contributed by atoms with Gasteiger partial charge in [-0.1, -0.05) is 25.4 Å². The summed E-state index contributed by atoms with van der Waals surface area (Å²) in [6.07, 6.45) is 1.20. The minimum absolute atomic E-state index is 0.147. The summed E-state index contributed by atoms with van der Waals surface area (Å²) < 4.78 is 0. The summed E-state index contributed by atoms with van der Waals surface area (Å²) in [5.74, 6) is -1.10. The van der Waals surface area contributed by atoms with E-state index in [0.717, 1.165) is 5.69 Å². The molecule has 20 heavy (non-hydrogen) atoms. The predicted octanol–water partition coefficient (Wildman–Crippen LogP) is 2.55. The molecule has 1 unspecified atom stereocenters. The zero-order valence-electron chi connectivity index (χ0n) is 11.5. The van der Waals surface area contributed by atoms with E-state index in [1.54, 1.807) is 6.07 Å². The highest BCUT2D eigenvalue weighted by molar-refractivity contribution is 6.29. The lowest BCUT2D eigenvalue weighted by Crippen LogP contribution is -2.40. The number of pyridine rings is 1. The van der Waals surface area contributed by atoms with Crippen molar-refractivity contribution < 1.29 is 14.7 Å². The molecule has 108 valence electrons. The zero-order chi connectivity index (χ0) is 14.9. The number of aromatic nitrogens is 1. The van der Waals surface area contributed by atoms with Gasteiger partial charge in [-0.05, 0) is 30.9 Å². The van der Waals surface area contributed by atoms with E-state index in [0.29, 0.717) is 24.9 Å². The van der Waals surface area contributed by atoms with Crippen LogP contribution in [0.4, 0.5) is 0 Å². The first kappa shape index (κ1) is 14.8. The SMILES string of the molecule is CC(C)c1cc(C(=O)N2CCCC2C(=O)O)cc(Cl)n1. The molecule has 1 saturated heterocycles. The number of carbonyl (C=O) groups is 2. The van der Waals surface area contributed by atoms with Crippen LogP contribution in [-0.2, 0) is 4.79 Å². The summed E-state index contributed by atoms with van der Waals surface area (Å²) in [5.41, 5.74) is 1.13. The van der Waals surface area contributed by atoms with Crippen molar-refractivity contribution in [2.45, 2.75) is 38.6 Å². The lowest BCUT2D eigenvalue weighted by atomic mass is 10.1. The van der Waals surface area contributed by atoms with Gasteiger partial charge in [0.05, 0.1) is 0 Å². The molecule has 1 amide bonds. The van der Waals surface area contributed by atoms with Crippen LogP contribution in [-0.4, -0.2) is 39.5 Å². The fourth-order valence-electron chi connectivity index (χ4n) is 2.37. The van der Waals surface area contributed by atoms with Crippen molar-refractivity contribution >= 4 is 23.5 Å². The monoisotopic (exact) mass is 296 g/mol. The van der Waals surface area contributed by atoms with Crippen molar-refractivity contribution in [3.63, 3.8) is 0 Å². The Morgan fingerprint density at radius 1 is 1.45 bits per heavy atom. The Kier molecular flexibility index (Phi) is 4.28. The summed E-state index contributed by atoms with van der Waals surface area (Å²) >= 11 is 5.95. The summed E-state index contributed by atoms with van der Waals surface area (Å²) in [4.78, 5) is 29.2. The van der Waals surface area contributed by atoms with Gasteiger partial charge in [-0.3, -0.25) is 4.79 Å². The van der Waals surface area contributed by atoms with Crippen LogP contribution in [0.1, 0.15) is 48.7 Å². The zero-order valence-corrected chi connectivity index (χ0v) is 12.2. The Labute approximate surface area is 122 Å². The summed E-state index contributed by atoms with van der Waals surface area (Å²) in [7, 11) is 0. The van der Waals surface area contributed by atoms with E-state index in [9.17, 15) is 9.59 Å². The van der Waals surface area contributed by atoms with Gasteiger partial charge >= 0.3 is 5.97 Å². The van der Waals surface area contributed by atoms with Crippen molar-refractivity contribution in [3.05, 3.63) is 28.5 Å². The average Bonchev–Trinajstić information content (AvgIpc) is 2.86. The fraction of sp³-hybridized carbons (Fsp3) is 0.500. The summed E-state index contributed by atoms with van der Waals surface area (Å²) in [6, 6.07) is 2.44. The third-order valence-corrected chi connectivity index (χ3v) is 3.64. The van der Waals surface area contributed by atoms with Crippen molar-refractivity contribution in [1.29, 1.82) is 0 Å². The first-order chi connectivity index (χ1) is 9.40. The van der Waals surface area contributed by atoms with Crippen LogP contribution in [0.25, 0.3) is 0 Å². The van der Waals surface area contributed by atoms with Gasteiger partial charge in [0, 0.05) is 17.8 Å². The fourth-order valence-corrected chi connectivity index (χ4v) is 2.58. The number of carboxylic acid groups (broad SMARTS) is 1. The van der Waals surface area contributed by atoms with E-state index in [4.69, 9.17) is 16.7 Å². The second-order valence-corrected chi connectivity index (χ2v) is 5.64. The van der Waals surface area contributed by atoms with Crippen LogP contribution in [0.3, 0.4) is 0 Å². The molecule has 1 aromatic heterocycles. The van der Waals surface area contributed by atoms with E-state index in [1.807, 2.05) is 13.8 Å². The van der Waals surface area contributed by atoms with Crippen LogP contribution in [0.5, 0.6) is 0 Å². The molecule has 1 fully saturated rings. The number of carboxylic acids is 1. The maximum Gasteiger partial charge on any atom is 0.326 e. The van der Waals surface area contributed by atoms with Crippen LogP contribution >= 0.6 is 11.6 Å². The van der Waals surface area contributed by atoms with Crippen LogP contribution in [0.15, 0.2) is 12.1 Å². The molecule has 1 aliphatic heterocycles. The molecule has 6 heteroatoms. The van der Waals surface area contributed by atoms with Gasteiger partial charge in [-0.15, -0.1) is 0 Å². The smallest absolute Gasteiger partial charge is 0.326 e. The van der Waals surface area contributed by atoms with Crippen molar-refractivity contribution in [1.82, 2.24) is 9.88 Å². The van der Waals surface area contributed by atoms with Crippen LogP contribution in [0.2, 0.25) is 5.15 Å². The van der Waals surface area contributed by atoms with Gasteiger partial charge < -0.3 is 10.0 Å². The number of likely N-dealkylation sites (tertiary alicyclic amines) is 1. The predicted molar refractivity (Wildman–Crippen MR) is 75.0 cm³/mol. The largest absolute Gasteiger partial charge is 0.480 e. The van der Waals surface area contributed by atoms with Gasteiger partial charge in [0.15, 0.2) is 0 Å². The Hall–Kier alpha value is -1.62.